The van der Waals surface area contributed by atoms with Gasteiger partial charge in [-0.3, -0.25) is 72.5 Å². The molecule has 3 heterocycles. The van der Waals surface area contributed by atoms with Gasteiger partial charge >= 0.3 is 47.9 Å². The summed E-state index contributed by atoms with van der Waals surface area (Å²) in [5.41, 5.74) is 1.59. The van der Waals surface area contributed by atoms with Crippen molar-refractivity contribution in [3.05, 3.63) is 108 Å². The van der Waals surface area contributed by atoms with Crippen LogP contribution in [0.15, 0.2) is 91.3 Å². The van der Waals surface area contributed by atoms with Crippen molar-refractivity contribution in [2.24, 2.45) is 11.8 Å². The number of unbranched alkanes of at least 4 members (excludes halogenated alkanes) is 1. The van der Waals surface area contributed by atoms with Gasteiger partial charge in [0.15, 0.2) is 0 Å². The third-order valence-electron chi connectivity index (χ3n) is 18.6. The molecular formula is C71H93N13O21. The summed E-state index contributed by atoms with van der Waals surface area (Å²) in [6.07, 6.45) is 2.52. The van der Waals surface area contributed by atoms with Crippen molar-refractivity contribution in [2.45, 2.75) is 121 Å². The number of carbonyl (C=O) groups is 14. The van der Waals surface area contributed by atoms with Crippen molar-refractivity contribution in [2.75, 3.05) is 103 Å². The molecule has 12 N–H and O–H groups in total. The topological polar surface area (TPSA) is 474 Å². The number of carboxylic acids is 6. The molecule has 0 unspecified atom stereocenters. The van der Waals surface area contributed by atoms with E-state index >= 15 is 0 Å². The molecule has 2 saturated heterocycles. The van der Waals surface area contributed by atoms with Crippen LogP contribution in [0.2, 0.25) is 0 Å². The zero-order valence-corrected chi connectivity index (χ0v) is 58.4. The minimum atomic E-state index is -2.15. The third kappa shape index (κ3) is 26.8. The van der Waals surface area contributed by atoms with Crippen molar-refractivity contribution in [1.82, 2.24) is 61.0 Å². The lowest BCUT2D eigenvalue weighted by atomic mass is 9.81. The number of aliphatic carboxylic acids is 6. The Morgan fingerprint density at radius 1 is 0.571 bits per heavy atom. The van der Waals surface area contributed by atoms with Crippen molar-refractivity contribution in [3.8, 4) is 0 Å². The zero-order valence-electron chi connectivity index (χ0n) is 58.4. The average Bonchev–Trinajstić information content (AvgIpc) is 1.76. The summed E-state index contributed by atoms with van der Waals surface area (Å²) in [7, 11) is 0. The summed E-state index contributed by atoms with van der Waals surface area (Å²) >= 11 is 0. The summed E-state index contributed by atoms with van der Waals surface area (Å²) in [5.74, 6) is -11.2. The van der Waals surface area contributed by atoms with E-state index in [1.807, 2.05) is 47.4 Å². The molecule has 34 nitrogen and oxygen atoms in total. The lowest BCUT2D eigenvalue weighted by molar-refractivity contribution is -0.143. The number of pyridine rings is 1. The number of amides is 9. The van der Waals surface area contributed by atoms with Gasteiger partial charge < -0.3 is 72.2 Å². The van der Waals surface area contributed by atoms with Gasteiger partial charge in [-0.05, 0) is 123 Å². The van der Waals surface area contributed by atoms with Crippen LogP contribution in [0.3, 0.4) is 0 Å². The number of rotatable bonds is 34. The van der Waals surface area contributed by atoms with Crippen molar-refractivity contribution in [3.63, 3.8) is 0 Å². The van der Waals surface area contributed by atoms with Gasteiger partial charge in [0.2, 0.25) is 29.5 Å². The summed E-state index contributed by atoms with van der Waals surface area (Å²) in [5, 5.41) is 76.7. The van der Waals surface area contributed by atoms with Crippen LogP contribution in [0.25, 0.3) is 10.8 Å². The number of nitrogens with zero attached hydrogens (tertiary/aromatic N) is 7. The Labute approximate surface area is 605 Å². The quantitative estimate of drug-likeness (QED) is 0.0297. The average molecular weight is 1460 g/mol. The highest BCUT2D eigenvalue weighted by Crippen LogP contribution is 2.29. The predicted molar refractivity (Wildman–Crippen MR) is 375 cm³/mol. The number of aromatic nitrogens is 1. The van der Waals surface area contributed by atoms with Gasteiger partial charge in [-0.1, -0.05) is 54.6 Å². The Kier molecular flexibility index (Phi) is 31.8. The molecule has 9 amide bonds. The molecule has 105 heavy (non-hydrogen) atoms. The largest absolute Gasteiger partial charge is 0.481 e. The lowest BCUT2D eigenvalue weighted by Gasteiger charge is -2.33. The number of hydrogen-bond donors (Lipinski definition) is 12. The van der Waals surface area contributed by atoms with Crippen molar-refractivity contribution >= 4 is 99.8 Å². The molecule has 34 heteroatoms. The summed E-state index contributed by atoms with van der Waals surface area (Å²) in [6.45, 7) is 2.40. The Balaban J connectivity index is 0.902. The highest BCUT2D eigenvalue weighted by Gasteiger charge is 2.40. The van der Waals surface area contributed by atoms with Gasteiger partial charge in [0.05, 0.1) is 26.2 Å². The molecule has 1 aliphatic carbocycles. The van der Waals surface area contributed by atoms with Crippen LogP contribution in [0.5, 0.6) is 0 Å². The molecule has 0 bridgehead atoms. The second kappa shape index (κ2) is 41.0. The molecule has 568 valence electrons. The molecule has 5 atom stereocenters. The first-order valence-corrected chi connectivity index (χ1v) is 34.9. The second-order valence-corrected chi connectivity index (χ2v) is 26.4. The van der Waals surface area contributed by atoms with Gasteiger partial charge in [0.25, 0.3) is 5.91 Å². The van der Waals surface area contributed by atoms with Gasteiger partial charge in [-0.2, -0.15) is 0 Å². The first kappa shape index (κ1) is 81.6. The molecule has 7 rings (SSSR count). The van der Waals surface area contributed by atoms with E-state index in [-0.39, 0.29) is 151 Å². The van der Waals surface area contributed by atoms with Gasteiger partial charge in [0.1, 0.15) is 36.8 Å². The number of nitrogens with one attached hydrogen (secondary N) is 6. The minimum absolute atomic E-state index is 0.00506. The van der Waals surface area contributed by atoms with Crippen LogP contribution in [-0.2, 0) is 70.5 Å². The molecule has 1 saturated carbocycles. The SMILES string of the molecule is C[C@@H](NC(=O)c1ccncc1)C(=O)N1CCC[C@H]1C(=O)Nc1ccc(COC(=O)N(C(=O)N[C@@H](CCCCNC(=O)[C@H](Cc2ccc3ccccc3c2)NC(=O)C2CCC(CNC(=O)CN3CCN(CC(=O)O)CCN(CC(=O)O)CCN(CC(=O)O)CC3)CC2)C(=O)O)[C@@H](CCC(=O)O)C(=O)O)cc1. The van der Waals surface area contributed by atoms with Gasteiger partial charge in [-0.15, -0.1) is 0 Å². The lowest BCUT2D eigenvalue weighted by Crippen LogP contribution is -2.56. The minimum Gasteiger partial charge on any atom is -0.481 e. The molecule has 3 aromatic carbocycles. The second-order valence-electron chi connectivity index (χ2n) is 26.4. The van der Waals surface area contributed by atoms with Crippen LogP contribution < -0.4 is 31.9 Å². The standard InChI is InChI=1S/C71H93N13O21/c1-45(75-63(94)51-23-26-72-27-24-51)67(98)83-28-6-10-56(83)66(97)76-53-19-14-47(15-20-53)44-105-71(104)84(57(69(101)102)21-22-59(86)87)70(103)78-54(68(99)100)9-4-5-25-73-65(96)55(38-48-13-16-49-7-2-3-8-52(49)37-48)77-64(95)50-17-11-46(12-18-50)39-74-58(85)40-79-29-31-80(41-60(88)89)33-35-82(43-62(92)93)36-34-81(32-30-79)42-61(90)91/h2-3,7-8,13-16,19-20,23-24,26-27,37,45-46,50,54-57H,4-6,9-12,17-18,21-22,25,28-36,38-44H2,1H3,(H,73,96)(H,74,85)(H,75,94)(H,76,97)(H,77,95)(H,78,103)(H,86,87)(H,88,89)(H,90,91)(H,92,93)(H,99,100)(H,101,102)/t45-,46?,50?,54+,55+,56+,57+/m1/s1. The highest BCUT2D eigenvalue weighted by molar-refractivity contribution is 6.01. The van der Waals surface area contributed by atoms with Gasteiger partial charge in [-0.25, -0.2) is 24.1 Å². The van der Waals surface area contributed by atoms with Crippen LogP contribution in [0.1, 0.15) is 99.0 Å². The number of urea groups is 1. The first-order chi connectivity index (χ1) is 50.2. The Hall–Kier alpha value is -10.7. The van der Waals surface area contributed by atoms with Crippen molar-refractivity contribution in [1.29, 1.82) is 0 Å². The smallest absolute Gasteiger partial charge is 0.419 e. The molecule has 0 radical (unpaired) electrons. The van der Waals surface area contributed by atoms with E-state index in [0.29, 0.717) is 50.6 Å². The maximum Gasteiger partial charge on any atom is 0.419 e. The summed E-state index contributed by atoms with van der Waals surface area (Å²) in [6, 6.07) is 13.7. The Morgan fingerprint density at radius 2 is 1.15 bits per heavy atom. The molecule has 1 aromatic heterocycles. The highest BCUT2D eigenvalue weighted by atomic mass is 16.6. The molecule has 0 spiro atoms. The maximum absolute atomic E-state index is 14.1. The number of imide groups is 1. The van der Waals surface area contributed by atoms with Crippen LogP contribution in [-0.4, -0.2) is 277 Å². The fourth-order valence-electron chi connectivity index (χ4n) is 12.8. The molecule has 3 aliphatic rings. The van der Waals surface area contributed by atoms with Crippen LogP contribution >= 0.6 is 0 Å². The normalized spacial score (nSPS) is 18.2. The van der Waals surface area contributed by atoms with Crippen LogP contribution in [0, 0.1) is 11.8 Å². The molecule has 2 aliphatic heterocycles. The van der Waals surface area contributed by atoms with E-state index in [9.17, 15) is 97.8 Å². The van der Waals surface area contributed by atoms with E-state index < -0.39 is 127 Å². The first-order valence-electron chi connectivity index (χ1n) is 34.9. The zero-order chi connectivity index (χ0) is 76.1. The molecule has 4 aromatic rings. The molecular weight excluding hydrogens is 1370 g/mol. The number of anilines is 1. The number of fused-ring (bicyclic) bond motifs is 1. The predicted octanol–water partition coefficient (Wildman–Crippen LogP) is 1.81. The van der Waals surface area contributed by atoms with Crippen molar-refractivity contribution < 1.29 is 102 Å². The Morgan fingerprint density at radius 3 is 1.72 bits per heavy atom. The Bertz CT molecular complexity index is 3680. The monoisotopic (exact) mass is 1460 g/mol. The number of carboxylic acid groups (broad SMARTS) is 6. The van der Waals surface area contributed by atoms with E-state index in [4.69, 9.17) is 4.74 Å². The number of carbonyl (C=O) groups excluding carboxylic acids is 8. The maximum atomic E-state index is 14.1. The van der Waals surface area contributed by atoms with E-state index in [1.54, 1.807) is 14.7 Å². The number of ether oxygens (including phenoxy) is 1. The van der Waals surface area contributed by atoms with E-state index in [1.165, 1.54) is 60.6 Å². The fourth-order valence-corrected chi connectivity index (χ4v) is 12.8. The number of benzene rings is 3. The summed E-state index contributed by atoms with van der Waals surface area (Å²) < 4.78 is 5.35. The number of hydrogen-bond acceptors (Lipinski definition) is 20. The van der Waals surface area contributed by atoms with Crippen LogP contribution in [0.4, 0.5) is 15.3 Å². The number of likely N-dealkylation sites (tertiary alicyclic amines) is 1. The third-order valence-corrected chi connectivity index (χ3v) is 18.6. The van der Waals surface area contributed by atoms with E-state index in [2.05, 4.69) is 36.9 Å². The fraction of sp³-hybridized carbons (Fsp3) is 0.507. The van der Waals surface area contributed by atoms with E-state index in [0.717, 1.165) is 16.3 Å². The molecule has 3 fully saturated rings. The van der Waals surface area contributed by atoms with Gasteiger partial charge in [0, 0.05) is 114 Å². The summed E-state index contributed by atoms with van der Waals surface area (Å²) in [4.78, 5) is 193.